The van der Waals surface area contributed by atoms with Crippen molar-refractivity contribution in [2.24, 2.45) is 4.99 Å². The van der Waals surface area contributed by atoms with Crippen molar-refractivity contribution >= 4 is 16.5 Å². The second kappa shape index (κ2) is 8.56. The lowest BCUT2D eigenvalue weighted by molar-refractivity contribution is 0.414. The summed E-state index contributed by atoms with van der Waals surface area (Å²) in [5, 5.41) is 2.67. The molecule has 1 heterocycles. The molecule has 31 heavy (non-hydrogen) atoms. The van der Waals surface area contributed by atoms with Crippen molar-refractivity contribution in [2.75, 3.05) is 21.3 Å². The highest BCUT2D eigenvalue weighted by Crippen LogP contribution is 2.34. The van der Waals surface area contributed by atoms with Crippen molar-refractivity contribution in [1.82, 2.24) is 0 Å². The SMILES string of the molecule is COc1ccc(N=c2cc(-c3ccc(OC)cc3)cc(OC)c3c(C)oc(C)c23)cc1. The number of aryl methyl sites for hydroxylation is 2. The molecule has 3 aromatic carbocycles. The van der Waals surface area contributed by atoms with Crippen molar-refractivity contribution in [3.8, 4) is 28.4 Å². The number of hydrogen-bond acceptors (Lipinski definition) is 5. The topological polar surface area (TPSA) is 53.2 Å². The Labute approximate surface area is 181 Å². The Morgan fingerprint density at radius 1 is 0.645 bits per heavy atom. The van der Waals surface area contributed by atoms with Crippen LogP contribution in [-0.4, -0.2) is 21.3 Å². The quantitative estimate of drug-likeness (QED) is 0.403. The Kier molecular flexibility index (Phi) is 5.67. The van der Waals surface area contributed by atoms with Crippen molar-refractivity contribution in [2.45, 2.75) is 13.8 Å². The molecule has 0 radical (unpaired) electrons. The van der Waals surface area contributed by atoms with Gasteiger partial charge in [-0.15, -0.1) is 0 Å². The first-order valence-corrected chi connectivity index (χ1v) is 9.99. The van der Waals surface area contributed by atoms with Crippen LogP contribution in [0.1, 0.15) is 11.5 Å². The summed E-state index contributed by atoms with van der Waals surface area (Å²) in [6.45, 7) is 3.90. The number of benzene rings is 2. The number of methoxy groups -OCH3 is 3. The molecule has 0 bridgehead atoms. The van der Waals surface area contributed by atoms with Gasteiger partial charge in [-0.3, -0.25) is 0 Å². The van der Waals surface area contributed by atoms with E-state index in [4.69, 9.17) is 23.6 Å². The average Bonchev–Trinajstić information content (AvgIpc) is 2.99. The molecule has 0 saturated carbocycles. The van der Waals surface area contributed by atoms with Gasteiger partial charge in [0.2, 0.25) is 0 Å². The van der Waals surface area contributed by atoms with Crippen LogP contribution in [0.3, 0.4) is 0 Å². The van der Waals surface area contributed by atoms with Gasteiger partial charge in [-0.25, -0.2) is 4.99 Å². The summed E-state index contributed by atoms with van der Waals surface area (Å²) in [6.07, 6.45) is 0. The first-order valence-electron chi connectivity index (χ1n) is 9.99. The Morgan fingerprint density at radius 2 is 1.23 bits per heavy atom. The van der Waals surface area contributed by atoms with E-state index < -0.39 is 0 Å². The van der Waals surface area contributed by atoms with Crippen LogP contribution in [0, 0.1) is 13.8 Å². The zero-order chi connectivity index (χ0) is 22.0. The molecule has 4 rings (SSSR count). The lowest BCUT2D eigenvalue weighted by Crippen LogP contribution is -2.00. The van der Waals surface area contributed by atoms with Crippen LogP contribution in [0.5, 0.6) is 17.2 Å². The third kappa shape index (κ3) is 3.99. The largest absolute Gasteiger partial charge is 0.497 e. The van der Waals surface area contributed by atoms with Crippen LogP contribution in [0.2, 0.25) is 0 Å². The molecule has 0 atom stereocenters. The normalized spacial score (nSPS) is 11.6. The summed E-state index contributed by atoms with van der Waals surface area (Å²) >= 11 is 0. The van der Waals surface area contributed by atoms with E-state index >= 15 is 0 Å². The van der Waals surface area contributed by atoms with Crippen LogP contribution in [0.15, 0.2) is 70.1 Å². The fraction of sp³-hybridized carbons (Fsp3) is 0.192. The van der Waals surface area contributed by atoms with Gasteiger partial charge in [0.25, 0.3) is 0 Å². The van der Waals surface area contributed by atoms with E-state index in [2.05, 4.69) is 6.07 Å². The zero-order valence-electron chi connectivity index (χ0n) is 18.4. The van der Waals surface area contributed by atoms with Gasteiger partial charge in [0, 0.05) is 0 Å². The molecular formula is C26H25NO4. The fourth-order valence-electron chi connectivity index (χ4n) is 3.76. The van der Waals surface area contributed by atoms with Crippen LogP contribution in [0.25, 0.3) is 21.9 Å². The summed E-state index contributed by atoms with van der Waals surface area (Å²) in [6, 6.07) is 19.7. The highest BCUT2D eigenvalue weighted by atomic mass is 16.5. The van der Waals surface area contributed by atoms with E-state index in [0.29, 0.717) is 0 Å². The lowest BCUT2D eigenvalue weighted by atomic mass is 10.1. The van der Waals surface area contributed by atoms with E-state index in [0.717, 1.165) is 61.7 Å². The maximum Gasteiger partial charge on any atom is 0.130 e. The molecule has 0 unspecified atom stereocenters. The second-order valence-electron chi connectivity index (χ2n) is 7.20. The molecule has 1 aromatic heterocycles. The highest BCUT2D eigenvalue weighted by molar-refractivity contribution is 5.93. The molecule has 0 aliphatic heterocycles. The summed E-state index contributed by atoms with van der Waals surface area (Å²) < 4.78 is 22.3. The van der Waals surface area contributed by atoms with Gasteiger partial charge in [-0.2, -0.15) is 0 Å². The number of rotatable bonds is 5. The van der Waals surface area contributed by atoms with E-state index in [1.54, 1.807) is 21.3 Å². The fourth-order valence-corrected chi connectivity index (χ4v) is 3.76. The summed E-state index contributed by atoms with van der Waals surface area (Å²) in [4.78, 5) is 4.96. The first-order chi connectivity index (χ1) is 15.0. The smallest absolute Gasteiger partial charge is 0.130 e. The van der Waals surface area contributed by atoms with E-state index in [1.807, 2.05) is 68.4 Å². The lowest BCUT2D eigenvalue weighted by Gasteiger charge is -2.04. The number of furan rings is 1. The van der Waals surface area contributed by atoms with Crippen molar-refractivity contribution in [3.63, 3.8) is 0 Å². The molecule has 4 aromatic rings. The van der Waals surface area contributed by atoms with Crippen LogP contribution >= 0.6 is 0 Å². The standard InChI is InChI=1S/C26H25NO4/c1-16-25-23(27-20-8-12-22(29-4)13-9-20)14-19(18-6-10-21(28-3)11-7-18)15-24(30-5)26(25)17(2)31-16/h6-15H,1-5H3. The van der Waals surface area contributed by atoms with E-state index in [1.165, 1.54) is 0 Å². The maximum atomic E-state index is 5.96. The van der Waals surface area contributed by atoms with Crippen LogP contribution in [-0.2, 0) is 0 Å². The number of ether oxygens (including phenoxy) is 3. The van der Waals surface area contributed by atoms with Gasteiger partial charge in [-0.1, -0.05) is 12.1 Å². The predicted molar refractivity (Wildman–Crippen MR) is 122 cm³/mol. The Bertz CT molecular complexity index is 1290. The third-order valence-electron chi connectivity index (χ3n) is 5.31. The van der Waals surface area contributed by atoms with Gasteiger partial charge in [0.05, 0.1) is 43.1 Å². The molecule has 0 amide bonds. The van der Waals surface area contributed by atoms with Crippen molar-refractivity contribution in [1.29, 1.82) is 0 Å². The third-order valence-corrected chi connectivity index (χ3v) is 5.31. The van der Waals surface area contributed by atoms with Gasteiger partial charge in [0.15, 0.2) is 0 Å². The monoisotopic (exact) mass is 415 g/mol. The molecule has 0 fully saturated rings. The Hall–Kier alpha value is -3.73. The van der Waals surface area contributed by atoms with Gasteiger partial charge in [-0.05, 0) is 73.5 Å². The molecule has 0 saturated heterocycles. The molecule has 0 aliphatic carbocycles. The van der Waals surface area contributed by atoms with Gasteiger partial charge >= 0.3 is 0 Å². The minimum absolute atomic E-state index is 0.742. The summed E-state index contributed by atoms with van der Waals surface area (Å²) in [5.74, 6) is 3.94. The minimum Gasteiger partial charge on any atom is -0.497 e. The summed E-state index contributed by atoms with van der Waals surface area (Å²) in [5.41, 5.74) is 2.85. The average molecular weight is 415 g/mol. The molecule has 0 aliphatic rings. The maximum absolute atomic E-state index is 5.96. The van der Waals surface area contributed by atoms with Crippen LogP contribution < -0.4 is 19.6 Å². The highest BCUT2D eigenvalue weighted by Gasteiger charge is 2.15. The first kappa shape index (κ1) is 20.5. The van der Waals surface area contributed by atoms with Crippen LogP contribution in [0.4, 0.5) is 5.69 Å². The van der Waals surface area contributed by atoms with Crippen molar-refractivity contribution in [3.05, 3.63) is 77.5 Å². The molecule has 5 heteroatoms. The predicted octanol–water partition coefficient (Wildman–Crippen LogP) is 5.97. The second-order valence-corrected chi connectivity index (χ2v) is 7.20. The molecule has 5 nitrogen and oxygen atoms in total. The zero-order valence-corrected chi connectivity index (χ0v) is 18.4. The van der Waals surface area contributed by atoms with Gasteiger partial charge in [0.1, 0.15) is 28.8 Å². The van der Waals surface area contributed by atoms with Gasteiger partial charge < -0.3 is 18.6 Å². The van der Waals surface area contributed by atoms with E-state index in [9.17, 15) is 0 Å². The number of hydrogen-bond donors (Lipinski definition) is 0. The molecule has 158 valence electrons. The molecule has 0 N–H and O–H groups in total. The van der Waals surface area contributed by atoms with Crippen molar-refractivity contribution < 1.29 is 18.6 Å². The minimum atomic E-state index is 0.742. The number of nitrogens with zero attached hydrogens (tertiary/aromatic N) is 1. The Balaban J connectivity index is 2.05. The summed E-state index contributed by atoms with van der Waals surface area (Å²) in [7, 11) is 4.99. The van der Waals surface area contributed by atoms with E-state index in [-0.39, 0.29) is 0 Å². The molecular weight excluding hydrogens is 390 g/mol. The Morgan fingerprint density at radius 3 is 1.81 bits per heavy atom. The number of fused-ring (bicyclic) bond motifs is 1. The molecule has 0 spiro atoms.